The first-order chi connectivity index (χ1) is 12.3. The van der Waals surface area contributed by atoms with E-state index in [9.17, 15) is 8.42 Å². The predicted octanol–water partition coefficient (Wildman–Crippen LogP) is 4.11. The van der Waals surface area contributed by atoms with E-state index in [1.807, 2.05) is 0 Å². The van der Waals surface area contributed by atoms with Gasteiger partial charge in [-0.25, -0.2) is 8.42 Å². The second kappa shape index (κ2) is 7.87. The van der Waals surface area contributed by atoms with Crippen LogP contribution >= 0.6 is 27.5 Å². The lowest BCUT2D eigenvalue weighted by atomic mass is 10.2. The summed E-state index contributed by atoms with van der Waals surface area (Å²) in [5.41, 5.74) is 1.44. The maximum absolute atomic E-state index is 12.5. The number of aromatic nitrogens is 2. The summed E-state index contributed by atoms with van der Waals surface area (Å²) in [6, 6.07) is 14.1. The molecular weight excluding hydrogens is 442 g/mol. The van der Waals surface area contributed by atoms with Gasteiger partial charge in [-0.05, 0) is 42.0 Å². The van der Waals surface area contributed by atoms with Crippen molar-refractivity contribution < 1.29 is 12.9 Å². The summed E-state index contributed by atoms with van der Waals surface area (Å²) >= 11 is 9.19. The van der Waals surface area contributed by atoms with Crippen LogP contribution in [0.4, 0.5) is 0 Å². The van der Waals surface area contributed by atoms with E-state index in [-0.39, 0.29) is 18.2 Å². The van der Waals surface area contributed by atoms with Crippen LogP contribution in [0.25, 0.3) is 11.4 Å². The molecule has 26 heavy (non-hydrogen) atoms. The molecule has 0 saturated carbocycles. The van der Waals surface area contributed by atoms with E-state index in [1.165, 1.54) is 11.4 Å². The smallest absolute Gasteiger partial charge is 0.242 e. The standard InChI is InChI=1S/C17H15BrClN3O3S/c1-22(26(23,24)11-12-2-6-14(18)7-3-12)10-16-20-17(21-25-16)13-4-8-15(19)9-5-13/h2-9H,10-11H2,1H3. The van der Waals surface area contributed by atoms with Crippen molar-refractivity contribution in [2.24, 2.45) is 0 Å². The first-order valence-electron chi connectivity index (χ1n) is 7.60. The molecule has 0 amide bonds. The molecule has 0 radical (unpaired) electrons. The molecule has 9 heteroatoms. The van der Waals surface area contributed by atoms with E-state index in [0.29, 0.717) is 16.4 Å². The van der Waals surface area contributed by atoms with Gasteiger partial charge in [0, 0.05) is 22.1 Å². The lowest BCUT2D eigenvalue weighted by Crippen LogP contribution is -2.27. The van der Waals surface area contributed by atoms with Crippen molar-refractivity contribution in [3.63, 3.8) is 0 Å². The van der Waals surface area contributed by atoms with Crippen molar-refractivity contribution in [2.45, 2.75) is 12.3 Å². The van der Waals surface area contributed by atoms with E-state index in [2.05, 4.69) is 26.1 Å². The van der Waals surface area contributed by atoms with Gasteiger partial charge in [0.1, 0.15) is 0 Å². The molecule has 0 aliphatic heterocycles. The molecule has 1 heterocycles. The Kier molecular flexibility index (Phi) is 5.76. The summed E-state index contributed by atoms with van der Waals surface area (Å²) < 4.78 is 32.3. The van der Waals surface area contributed by atoms with E-state index in [1.54, 1.807) is 48.5 Å². The second-order valence-electron chi connectivity index (χ2n) is 5.66. The monoisotopic (exact) mass is 455 g/mol. The zero-order valence-electron chi connectivity index (χ0n) is 13.8. The third-order valence-corrected chi connectivity index (χ3v) is 6.22. The lowest BCUT2D eigenvalue weighted by Gasteiger charge is -2.15. The molecule has 0 fully saturated rings. The highest BCUT2D eigenvalue weighted by Gasteiger charge is 2.21. The van der Waals surface area contributed by atoms with Crippen LogP contribution in [0.2, 0.25) is 5.02 Å². The van der Waals surface area contributed by atoms with Gasteiger partial charge >= 0.3 is 0 Å². The summed E-state index contributed by atoms with van der Waals surface area (Å²) in [4.78, 5) is 4.25. The van der Waals surface area contributed by atoms with Crippen LogP contribution in [0.15, 0.2) is 57.5 Å². The number of rotatable bonds is 6. The molecule has 0 bridgehead atoms. The van der Waals surface area contributed by atoms with Crippen molar-refractivity contribution in [1.82, 2.24) is 14.4 Å². The Morgan fingerprint density at radius 2 is 1.77 bits per heavy atom. The number of halogens is 2. The van der Waals surface area contributed by atoms with Crippen LogP contribution in [0.1, 0.15) is 11.5 Å². The van der Waals surface area contributed by atoms with E-state index in [4.69, 9.17) is 16.1 Å². The minimum absolute atomic E-state index is 0.000545. The van der Waals surface area contributed by atoms with Gasteiger partial charge in [-0.2, -0.15) is 9.29 Å². The molecule has 2 aromatic carbocycles. The summed E-state index contributed by atoms with van der Waals surface area (Å²) in [6.07, 6.45) is 0. The number of benzene rings is 2. The molecule has 3 rings (SSSR count). The molecule has 0 saturated heterocycles. The molecule has 0 unspecified atom stereocenters. The first kappa shape index (κ1) is 19.0. The molecule has 0 aliphatic carbocycles. The average molecular weight is 457 g/mol. The van der Waals surface area contributed by atoms with Gasteiger partial charge in [-0.15, -0.1) is 0 Å². The van der Waals surface area contributed by atoms with Crippen molar-refractivity contribution >= 4 is 37.6 Å². The van der Waals surface area contributed by atoms with Gasteiger partial charge in [0.05, 0.1) is 12.3 Å². The normalized spacial score (nSPS) is 11.8. The molecule has 0 N–H and O–H groups in total. The molecule has 0 aliphatic rings. The Balaban J connectivity index is 1.70. The number of nitrogens with zero attached hydrogens (tertiary/aromatic N) is 3. The van der Waals surface area contributed by atoms with Crippen LogP contribution in [0, 0.1) is 0 Å². The van der Waals surface area contributed by atoms with Gasteiger partial charge < -0.3 is 4.52 Å². The summed E-state index contributed by atoms with van der Waals surface area (Å²) in [6.45, 7) is -0.000545. The van der Waals surface area contributed by atoms with Crippen LogP contribution < -0.4 is 0 Å². The maximum Gasteiger partial charge on any atom is 0.242 e. The van der Waals surface area contributed by atoms with E-state index >= 15 is 0 Å². The second-order valence-corrected chi connectivity index (χ2v) is 9.09. The van der Waals surface area contributed by atoms with Crippen LogP contribution in [0.3, 0.4) is 0 Å². The van der Waals surface area contributed by atoms with Crippen LogP contribution in [-0.2, 0) is 22.3 Å². The summed E-state index contributed by atoms with van der Waals surface area (Å²) in [7, 11) is -2.03. The predicted molar refractivity (Wildman–Crippen MR) is 103 cm³/mol. The highest BCUT2D eigenvalue weighted by molar-refractivity contribution is 9.10. The summed E-state index contributed by atoms with van der Waals surface area (Å²) in [5.74, 6) is 0.502. The van der Waals surface area contributed by atoms with Crippen molar-refractivity contribution in [1.29, 1.82) is 0 Å². The molecule has 6 nitrogen and oxygen atoms in total. The lowest BCUT2D eigenvalue weighted by molar-refractivity contribution is 0.336. The molecule has 3 aromatic rings. The third kappa shape index (κ3) is 4.70. The highest BCUT2D eigenvalue weighted by atomic mass is 79.9. The maximum atomic E-state index is 12.5. The van der Waals surface area contributed by atoms with Crippen molar-refractivity contribution in [2.75, 3.05) is 7.05 Å². The minimum atomic E-state index is -3.51. The van der Waals surface area contributed by atoms with Gasteiger partial charge in [0.2, 0.25) is 21.7 Å². The summed E-state index contributed by atoms with van der Waals surface area (Å²) in [5, 5.41) is 4.50. The molecule has 0 atom stereocenters. The van der Waals surface area contributed by atoms with Crippen molar-refractivity contribution in [3.05, 3.63) is 69.5 Å². The molecule has 0 spiro atoms. The van der Waals surface area contributed by atoms with Crippen LogP contribution in [-0.4, -0.2) is 29.9 Å². The van der Waals surface area contributed by atoms with Gasteiger partial charge in [-0.3, -0.25) is 0 Å². The largest absolute Gasteiger partial charge is 0.338 e. The minimum Gasteiger partial charge on any atom is -0.338 e. The average Bonchev–Trinajstić information content (AvgIpc) is 3.06. The Bertz CT molecular complexity index is 989. The topological polar surface area (TPSA) is 76.3 Å². The highest BCUT2D eigenvalue weighted by Crippen LogP contribution is 2.20. The fourth-order valence-corrected chi connectivity index (χ4v) is 3.76. The number of hydrogen-bond donors (Lipinski definition) is 0. The first-order valence-corrected chi connectivity index (χ1v) is 10.4. The Morgan fingerprint density at radius 3 is 2.42 bits per heavy atom. The molecule has 1 aromatic heterocycles. The Morgan fingerprint density at radius 1 is 1.12 bits per heavy atom. The zero-order valence-corrected chi connectivity index (χ0v) is 16.9. The van der Waals surface area contributed by atoms with E-state index in [0.717, 1.165) is 10.0 Å². The van der Waals surface area contributed by atoms with Crippen LogP contribution in [0.5, 0.6) is 0 Å². The fraction of sp³-hybridized carbons (Fsp3) is 0.176. The van der Waals surface area contributed by atoms with Gasteiger partial charge in [0.25, 0.3) is 0 Å². The number of hydrogen-bond acceptors (Lipinski definition) is 5. The fourth-order valence-electron chi connectivity index (χ4n) is 2.23. The Labute approximate surface area is 165 Å². The van der Waals surface area contributed by atoms with Crippen molar-refractivity contribution in [3.8, 4) is 11.4 Å². The van der Waals surface area contributed by atoms with E-state index < -0.39 is 10.0 Å². The molecule has 136 valence electrons. The van der Waals surface area contributed by atoms with Gasteiger partial charge in [-0.1, -0.05) is 44.8 Å². The zero-order chi connectivity index (χ0) is 18.7. The number of sulfonamides is 1. The molecular formula is C17H15BrClN3O3S. The Hall–Kier alpha value is -1.74. The SMILES string of the molecule is CN(Cc1nc(-c2ccc(Cl)cc2)no1)S(=O)(=O)Cc1ccc(Br)cc1. The van der Waals surface area contributed by atoms with Gasteiger partial charge in [0.15, 0.2) is 0 Å². The third-order valence-electron chi connectivity index (χ3n) is 3.67. The quantitative estimate of drug-likeness (QED) is 0.558.